The van der Waals surface area contributed by atoms with Gasteiger partial charge in [-0.1, -0.05) is 0 Å². The average Bonchev–Trinajstić information content (AvgIpc) is 2.29. The second-order valence-corrected chi connectivity index (χ2v) is 4.72. The Labute approximate surface area is 103 Å². The van der Waals surface area contributed by atoms with E-state index in [-0.39, 0.29) is 11.7 Å². The number of Topliss-reactive ketones (excluding diaryl/α,β-unsaturated/α-hetero) is 1. The first-order valence-electron chi connectivity index (χ1n) is 5.53. The summed E-state index contributed by atoms with van der Waals surface area (Å²) in [5.74, 6) is 0.195. The number of carbonyl (C=O) groups excluding carboxylic acids is 1. The van der Waals surface area contributed by atoms with Crippen molar-refractivity contribution in [3.8, 4) is 0 Å². The number of halogens is 1. The van der Waals surface area contributed by atoms with Gasteiger partial charge in [0.25, 0.3) is 0 Å². The van der Waals surface area contributed by atoms with Gasteiger partial charge in [-0.05, 0) is 68.0 Å². The molecule has 0 saturated carbocycles. The monoisotopic (exact) mass is 238 g/mol. The molecule has 0 aliphatic carbocycles. The molecule has 0 fully saturated rings. The lowest BCUT2D eigenvalue weighted by Crippen LogP contribution is -2.10. The molecule has 16 heavy (non-hydrogen) atoms. The number of alkyl halides is 1. The summed E-state index contributed by atoms with van der Waals surface area (Å²) in [5.41, 5.74) is 7.54. The molecule has 0 heterocycles. The van der Waals surface area contributed by atoms with Crippen LogP contribution in [0, 0.1) is 34.6 Å². The van der Waals surface area contributed by atoms with Crippen molar-refractivity contribution in [1.82, 2.24) is 0 Å². The number of benzene rings is 1. The third-order valence-corrected chi connectivity index (χ3v) is 3.98. The minimum absolute atomic E-state index is 0.0931. The zero-order valence-corrected chi connectivity index (χ0v) is 11.5. The highest BCUT2D eigenvalue weighted by atomic mass is 35.5. The van der Waals surface area contributed by atoms with Crippen molar-refractivity contribution in [3.05, 3.63) is 33.4 Å². The smallest absolute Gasteiger partial charge is 0.151 e. The fraction of sp³-hybridized carbons (Fsp3) is 0.500. The highest BCUT2D eigenvalue weighted by Crippen LogP contribution is 2.26. The van der Waals surface area contributed by atoms with Gasteiger partial charge in [-0.25, -0.2) is 0 Å². The quantitative estimate of drug-likeness (QED) is 0.736. The largest absolute Gasteiger partial charge is 0.298 e. The first kappa shape index (κ1) is 13.2. The average molecular weight is 239 g/mol. The molecule has 0 radical (unpaired) electrons. The van der Waals surface area contributed by atoms with Gasteiger partial charge in [0.05, 0.1) is 5.88 Å². The molecule has 1 aromatic rings. The molecular formula is C14H19ClO. The van der Waals surface area contributed by atoms with Crippen LogP contribution in [0.4, 0.5) is 0 Å². The predicted molar refractivity (Wildman–Crippen MR) is 69.6 cm³/mol. The molecule has 0 atom stereocenters. The van der Waals surface area contributed by atoms with E-state index in [0.29, 0.717) is 6.42 Å². The zero-order chi connectivity index (χ0) is 12.5. The van der Waals surface area contributed by atoms with E-state index in [1.807, 2.05) is 0 Å². The molecule has 1 aromatic carbocycles. The lowest BCUT2D eigenvalue weighted by Gasteiger charge is -2.18. The fourth-order valence-corrected chi connectivity index (χ4v) is 2.18. The molecule has 0 spiro atoms. The number of hydrogen-bond acceptors (Lipinski definition) is 1. The van der Waals surface area contributed by atoms with Crippen molar-refractivity contribution >= 4 is 17.4 Å². The van der Waals surface area contributed by atoms with E-state index in [0.717, 1.165) is 5.56 Å². The minimum Gasteiger partial charge on any atom is -0.298 e. The normalized spacial score (nSPS) is 10.6. The molecule has 0 unspecified atom stereocenters. The Kier molecular flexibility index (Phi) is 4.15. The van der Waals surface area contributed by atoms with Crippen LogP contribution in [0.3, 0.4) is 0 Å². The SMILES string of the molecule is Cc1c(C)c(C)c(CC(=O)CCl)c(C)c1C. The number of carbonyl (C=O) groups is 1. The van der Waals surface area contributed by atoms with Gasteiger partial charge in [0.1, 0.15) is 0 Å². The maximum Gasteiger partial charge on any atom is 0.151 e. The van der Waals surface area contributed by atoms with Gasteiger partial charge in [-0.3, -0.25) is 4.79 Å². The summed E-state index contributed by atoms with van der Waals surface area (Å²) in [6.45, 7) is 10.5. The van der Waals surface area contributed by atoms with Crippen LogP contribution in [-0.2, 0) is 11.2 Å². The van der Waals surface area contributed by atoms with E-state index >= 15 is 0 Å². The third-order valence-electron chi connectivity index (χ3n) is 3.68. The second-order valence-electron chi connectivity index (χ2n) is 4.45. The molecule has 0 aliphatic heterocycles. The van der Waals surface area contributed by atoms with Gasteiger partial charge < -0.3 is 0 Å². The summed E-state index contributed by atoms with van der Waals surface area (Å²) in [6, 6.07) is 0. The van der Waals surface area contributed by atoms with Crippen molar-refractivity contribution in [1.29, 1.82) is 0 Å². The zero-order valence-electron chi connectivity index (χ0n) is 10.7. The van der Waals surface area contributed by atoms with Crippen LogP contribution in [0.15, 0.2) is 0 Å². The van der Waals surface area contributed by atoms with E-state index in [9.17, 15) is 4.79 Å². The lowest BCUT2D eigenvalue weighted by atomic mass is 9.87. The van der Waals surface area contributed by atoms with Crippen molar-refractivity contribution in [2.75, 3.05) is 5.88 Å². The maximum atomic E-state index is 11.5. The molecule has 0 aliphatic rings. The van der Waals surface area contributed by atoms with E-state index in [1.165, 1.54) is 27.8 Å². The molecule has 88 valence electrons. The Morgan fingerprint density at radius 2 is 1.25 bits per heavy atom. The Morgan fingerprint density at radius 1 is 0.875 bits per heavy atom. The van der Waals surface area contributed by atoms with Crippen LogP contribution in [0.2, 0.25) is 0 Å². The van der Waals surface area contributed by atoms with Crippen LogP contribution < -0.4 is 0 Å². The predicted octanol–water partition coefficient (Wildman–Crippen LogP) is 3.58. The number of ketones is 1. The van der Waals surface area contributed by atoms with Crippen molar-refractivity contribution in [2.45, 2.75) is 41.0 Å². The molecule has 0 bridgehead atoms. The van der Waals surface area contributed by atoms with Crippen molar-refractivity contribution in [3.63, 3.8) is 0 Å². The van der Waals surface area contributed by atoms with Crippen LogP contribution >= 0.6 is 11.6 Å². The maximum absolute atomic E-state index is 11.5. The lowest BCUT2D eigenvalue weighted by molar-refractivity contribution is -0.116. The summed E-state index contributed by atoms with van der Waals surface area (Å²) in [5, 5.41) is 0. The Balaban J connectivity index is 3.34. The van der Waals surface area contributed by atoms with Gasteiger partial charge in [-0.15, -0.1) is 11.6 Å². The van der Waals surface area contributed by atoms with E-state index < -0.39 is 0 Å². The summed E-state index contributed by atoms with van der Waals surface area (Å²) in [4.78, 5) is 11.5. The first-order valence-corrected chi connectivity index (χ1v) is 6.07. The Morgan fingerprint density at radius 3 is 1.62 bits per heavy atom. The molecule has 0 aromatic heterocycles. The highest BCUT2D eigenvalue weighted by Gasteiger charge is 2.14. The summed E-state index contributed by atoms with van der Waals surface area (Å²) < 4.78 is 0. The minimum atomic E-state index is 0.0931. The first-order chi connectivity index (χ1) is 7.40. The highest BCUT2D eigenvalue weighted by molar-refractivity contribution is 6.27. The standard InChI is InChI=1S/C14H19ClO/c1-8-9(2)11(4)14(6-13(16)7-15)12(5)10(8)3/h6-7H2,1-5H3. The van der Waals surface area contributed by atoms with Gasteiger partial charge in [0.15, 0.2) is 5.78 Å². The number of rotatable bonds is 3. The summed E-state index contributed by atoms with van der Waals surface area (Å²) >= 11 is 5.57. The van der Waals surface area contributed by atoms with Crippen molar-refractivity contribution in [2.24, 2.45) is 0 Å². The molecular weight excluding hydrogens is 220 g/mol. The topological polar surface area (TPSA) is 17.1 Å². The molecule has 0 saturated heterocycles. The van der Waals surface area contributed by atoms with Gasteiger partial charge in [-0.2, -0.15) is 0 Å². The van der Waals surface area contributed by atoms with Gasteiger partial charge >= 0.3 is 0 Å². The van der Waals surface area contributed by atoms with Gasteiger partial charge in [0.2, 0.25) is 0 Å². The molecule has 0 amide bonds. The molecule has 1 rings (SSSR count). The fourth-order valence-electron chi connectivity index (χ4n) is 2.09. The molecule has 0 N–H and O–H groups in total. The van der Waals surface area contributed by atoms with E-state index in [2.05, 4.69) is 34.6 Å². The van der Waals surface area contributed by atoms with E-state index in [1.54, 1.807) is 0 Å². The Bertz CT molecular complexity index is 404. The van der Waals surface area contributed by atoms with Crippen LogP contribution in [0.1, 0.15) is 33.4 Å². The Hall–Kier alpha value is -0.820. The third kappa shape index (κ3) is 2.30. The molecule has 1 nitrogen and oxygen atoms in total. The van der Waals surface area contributed by atoms with Crippen LogP contribution in [-0.4, -0.2) is 11.7 Å². The molecule has 2 heteroatoms. The van der Waals surface area contributed by atoms with Crippen LogP contribution in [0.5, 0.6) is 0 Å². The van der Waals surface area contributed by atoms with Crippen molar-refractivity contribution < 1.29 is 4.79 Å². The summed E-state index contributed by atoms with van der Waals surface area (Å²) in [7, 11) is 0. The summed E-state index contributed by atoms with van der Waals surface area (Å²) in [6.07, 6.45) is 0.461. The second kappa shape index (κ2) is 5.01. The van der Waals surface area contributed by atoms with Crippen LogP contribution in [0.25, 0.3) is 0 Å². The van der Waals surface area contributed by atoms with Gasteiger partial charge in [0, 0.05) is 6.42 Å². The van der Waals surface area contributed by atoms with E-state index in [4.69, 9.17) is 11.6 Å². The number of hydrogen-bond donors (Lipinski definition) is 0.